The summed E-state index contributed by atoms with van der Waals surface area (Å²) in [6.07, 6.45) is 3.73. The minimum Gasteiger partial charge on any atom is -0.479 e. The van der Waals surface area contributed by atoms with Crippen LogP contribution in [0.1, 0.15) is 24.5 Å². The van der Waals surface area contributed by atoms with Crippen molar-refractivity contribution in [2.45, 2.75) is 25.8 Å². The van der Waals surface area contributed by atoms with Gasteiger partial charge in [-0.3, -0.25) is 4.68 Å². The lowest BCUT2D eigenvalue weighted by molar-refractivity contribution is -0.146. The Morgan fingerprint density at radius 3 is 2.50 bits per heavy atom. The molecular formula is C14H16N2O2. The van der Waals surface area contributed by atoms with Crippen LogP contribution in [0.5, 0.6) is 0 Å². The molecule has 0 radical (unpaired) electrons. The van der Waals surface area contributed by atoms with Gasteiger partial charge in [0.1, 0.15) is 0 Å². The average Bonchev–Trinajstić information content (AvgIpc) is 2.87. The first kappa shape index (κ1) is 12.4. The van der Waals surface area contributed by atoms with Gasteiger partial charge in [-0.25, -0.2) is 4.79 Å². The second kappa shape index (κ2) is 4.64. The predicted molar refractivity (Wildman–Crippen MR) is 68.4 cm³/mol. The second-order valence-electron chi connectivity index (χ2n) is 4.34. The van der Waals surface area contributed by atoms with Crippen LogP contribution in [0.15, 0.2) is 42.7 Å². The third kappa shape index (κ3) is 1.79. The standard InChI is InChI=1S/C14H16N2O2/c1-3-14(13(17)18,16-10-4-9-15-16)12-7-5-11(2)6-8-12/h4-10H,3H2,1-2H3,(H,17,18). The molecule has 1 aromatic carbocycles. The maximum atomic E-state index is 11.8. The van der Waals surface area contributed by atoms with E-state index in [-0.39, 0.29) is 0 Å². The number of benzene rings is 1. The predicted octanol–water partition coefficient (Wildman–Crippen LogP) is 2.43. The molecule has 0 bridgehead atoms. The van der Waals surface area contributed by atoms with Crippen molar-refractivity contribution in [2.24, 2.45) is 0 Å². The van der Waals surface area contributed by atoms with Crippen LogP contribution in [0, 0.1) is 6.92 Å². The minimum atomic E-state index is -1.13. The van der Waals surface area contributed by atoms with Gasteiger partial charge >= 0.3 is 5.97 Å². The number of aryl methyl sites for hydroxylation is 1. The zero-order valence-electron chi connectivity index (χ0n) is 10.5. The summed E-state index contributed by atoms with van der Waals surface area (Å²) in [5.41, 5.74) is 0.721. The molecule has 2 rings (SSSR count). The molecule has 0 fully saturated rings. The highest BCUT2D eigenvalue weighted by Crippen LogP contribution is 2.30. The smallest absolute Gasteiger partial charge is 0.336 e. The fourth-order valence-electron chi connectivity index (χ4n) is 2.19. The number of aromatic nitrogens is 2. The van der Waals surface area contributed by atoms with E-state index < -0.39 is 11.5 Å². The highest BCUT2D eigenvalue weighted by molar-refractivity contribution is 5.81. The number of carbonyl (C=O) groups is 1. The zero-order chi connectivity index (χ0) is 13.2. The first-order valence-corrected chi connectivity index (χ1v) is 5.92. The molecule has 0 saturated heterocycles. The van der Waals surface area contributed by atoms with Gasteiger partial charge in [-0.15, -0.1) is 0 Å². The van der Waals surface area contributed by atoms with Crippen LogP contribution >= 0.6 is 0 Å². The topological polar surface area (TPSA) is 55.1 Å². The van der Waals surface area contributed by atoms with E-state index in [1.54, 1.807) is 18.5 Å². The van der Waals surface area contributed by atoms with Crippen LogP contribution in [0.2, 0.25) is 0 Å². The summed E-state index contributed by atoms with van der Waals surface area (Å²) >= 11 is 0. The van der Waals surface area contributed by atoms with Crippen LogP contribution in [0.25, 0.3) is 0 Å². The molecular weight excluding hydrogens is 228 g/mol. The van der Waals surface area contributed by atoms with Crippen molar-refractivity contribution < 1.29 is 9.90 Å². The summed E-state index contributed by atoms with van der Waals surface area (Å²) in [7, 11) is 0. The van der Waals surface area contributed by atoms with E-state index in [2.05, 4.69) is 5.10 Å². The van der Waals surface area contributed by atoms with Crippen molar-refractivity contribution in [2.75, 3.05) is 0 Å². The Balaban J connectivity index is 2.62. The SMILES string of the molecule is CCC(C(=O)O)(c1ccc(C)cc1)n1cccn1. The van der Waals surface area contributed by atoms with Gasteiger partial charge in [-0.1, -0.05) is 36.8 Å². The molecule has 4 heteroatoms. The summed E-state index contributed by atoms with van der Waals surface area (Å²) in [5, 5.41) is 13.8. The van der Waals surface area contributed by atoms with Crippen molar-refractivity contribution in [3.05, 3.63) is 53.9 Å². The van der Waals surface area contributed by atoms with E-state index in [0.29, 0.717) is 6.42 Å². The van der Waals surface area contributed by atoms with E-state index in [4.69, 9.17) is 0 Å². The third-order valence-corrected chi connectivity index (χ3v) is 3.29. The van der Waals surface area contributed by atoms with Crippen molar-refractivity contribution in [1.29, 1.82) is 0 Å². The van der Waals surface area contributed by atoms with Gasteiger partial charge in [0, 0.05) is 12.4 Å². The summed E-state index contributed by atoms with van der Waals surface area (Å²) in [5.74, 6) is -0.891. The maximum Gasteiger partial charge on any atom is 0.336 e. The van der Waals surface area contributed by atoms with E-state index in [1.165, 1.54) is 4.68 Å². The monoisotopic (exact) mass is 244 g/mol. The van der Waals surface area contributed by atoms with E-state index in [9.17, 15) is 9.90 Å². The Morgan fingerprint density at radius 1 is 1.39 bits per heavy atom. The number of rotatable bonds is 4. The Hall–Kier alpha value is -2.10. The molecule has 0 aliphatic carbocycles. The fraction of sp³-hybridized carbons (Fsp3) is 0.286. The second-order valence-corrected chi connectivity index (χ2v) is 4.34. The Bertz CT molecular complexity index is 531. The molecule has 1 heterocycles. The number of nitrogens with zero attached hydrogens (tertiary/aromatic N) is 2. The van der Waals surface area contributed by atoms with Gasteiger partial charge in [0.2, 0.25) is 0 Å². The summed E-state index contributed by atoms with van der Waals surface area (Å²) in [6, 6.07) is 9.29. The van der Waals surface area contributed by atoms with Crippen molar-refractivity contribution in [3.63, 3.8) is 0 Å². The molecule has 18 heavy (non-hydrogen) atoms. The Labute approximate surface area is 106 Å². The first-order valence-electron chi connectivity index (χ1n) is 5.92. The van der Waals surface area contributed by atoms with Gasteiger partial charge in [0.15, 0.2) is 5.54 Å². The molecule has 94 valence electrons. The zero-order valence-corrected chi connectivity index (χ0v) is 10.5. The normalized spacial score (nSPS) is 14.1. The van der Waals surface area contributed by atoms with Crippen molar-refractivity contribution >= 4 is 5.97 Å². The average molecular weight is 244 g/mol. The lowest BCUT2D eigenvalue weighted by Gasteiger charge is -2.29. The first-order chi connectivity index (χ1) is 8.61. The highest BCUT2D eigenvalue weighted by Gasteiger charge is 2.41. The lowest BCUT2D eigenvalue weighted by atomic mass is 9.87. The van der Waals surface area contributed by atoms with Crippen LogP contribution in [-0.2, 0) is 10.3 Å². The molecule has 0 aliphatic rings. The van der Waals surface area contributed by atoms with Gasteiger partial charge in [0.05, 0.1) is 0 Å². The van der Waals surface area contributed by atoms with Gasteiger partial charge in [-0.05, 0) is 25.0 Å². The number of aliphatic carboxylic acids is 1. The van der Waals surface area contributed by atoms with Crippen LogP contribution < -0.4 is 0 Å². The van der Waals surface area contributed by atoms with Gasteiger partial charge in [-0.2, -0.15) is 5.10 Å². The third-order valence-electron chi connectivity index (χ3n) is 3.29. The van der Waals surface area contributed by atoms with Crippen LogP contribution in [0.4, 0.5) is 0 Å². The molecule has 0 spiro atoms. The number of carboxylic acid groups (broad SMARTS) is 1. The molecule has 1 N–H and O–H groups in total. The van der Waals surface area contributed by atoms with Gasteiger partial charge < -0.3 is 5.11 Å². The lowest BCUT2D eigenvalue weighted by Crippen LogP contribution is -2.43. The number of hydrogen-bond donors (Lipinski definition) is 1. The molecule has 0 amide bonds. The Morgan fingerprint density at radius 2 is 2.06 bits per heavy atom. The van der Waals surface area contributed by atoms with Gasteiger partial charge in [0.25, 0.3) is 0 Å². The quantitative estimate of drug-likeness (QED) is 0.898. The van der Waals surface area contributed by atoms with E-state index >= 15 is 0 Å². The summed E-state index contributed by atoms with van der Waals surface area (Å²) in [6.45, 7) is 3.84. The van der Waals surface area contributed by atoms with Crippen LogP contribution in [0.3, 0.4) is 0 Å². The van der Waals surface area contributed by atoms with Crippen molar-refractivity contribution in [1.82, 2.24) is 9.78 Å². The summed E-state index contributed by atoms with van der Waals surface area (Å²) < 4.78 is 1.51. The molecule has 1 unspecified atom stereocenters. The molecule has 1 atom stereocenters. The molecule has 1 aromatic heterocycles. The largest absolute Gasteiger partial charge is 0.479 e. The summed E-state index contributed by atoms with van der Waals surface area (Å²) in [4.78, 5) is 11.8. The molecule has 2 aromatic rings. The molecule has 4 nitrogen and oxygen atoms in total. The molecule has 0 saturated carbocycles. The maximum absolute atomic E-state index is 11.8. The highest BCUT2D eigenvalue weighted by atomic mass is 16.4. The molecule has 0 aliphatic heterocycles. The Kier molecular flexibility index (Phi) is 3.19. The number of carboxylic acids is 1. The van der Waals surface area contributed by atoms with E-state index in [0.717, 1.165) is 11.1 Å². The van der Waals surface area contributed by atoms with E-state index in [1.807, 2.05) is 38.1 Å². The minimum absolute atomic E-state index is 0.438. The number of hydrogen-bond acceptors (Lipinski definition) is 2. The van der Waals surface area contributed by atoms with Crippen molar-refractivity contribution in [3.8, 4) is 0 Å². The fourth-order valence-corrected chi connectivity index (χ4v) is 2.19. The van der Waals surface area contributed by atoms with Crippen LogP contribution in [-0.4, -0.2) is 20.9 Å².